The molecule has 210 valence electrons. The highest BCUT2D eigenvalue weighted by molar-refractivity contribution is 5.96. The smallest absolute Gasteiger partial charge is 0.247 e. The van der Waals surface area contributed by atoms with Crippen LogP contribution in [0.25, 0.3) is 0 Å². The quantitative estimate of drug-likeness (QED) is 0.380. The lowest BCUT2D eigenvalue weighted by Crippen LogP contribution is -2.56. The zero-order valence-corrected chi connectivity index (χ0v) is 22.8. The Morgan fingerprint density at radius 3 is 2.64 bits per heavy atom. The Bertz CT molecular complexity index is 1200. The summed E-state index contributed by atoms with van der Waals surface area (Å²) in [6.45, 7) is 2.21. The molecule has 3 N–H and O–H groups in total. The predicted octanol–water partition coefficient (Wildman–Crippen LogP) is 2.59. The molecule has 0 saturated carbocycles. The Labute approximate surface area is 229 Å². The van der Waals surface area contributed by atoms with Crippen molar-refractivity contribution in [2.75, 3.05) is 33.9 Å². The van der Waals surface area contributed by atoms with Crippen LogP contribution in [-0.2, 0) is 16.0 Å². The number of benzene rings is 2. The molecule has 1 aliphatic heterocycles. The van der Waals surface area contributed by atoms with Gasteiger partial charge in [-0.15, -0.1) is 0 Å². The van der Waals surface area contributed by atoms with E-state index in [9.17, 15) is 19.8 Å². The molecular formula is C30H38N2O7. The van der Waals surface area contributed by atoms with E-state index >= 15 is 0 Å². The number of nitrogens with one attached hydrogen (secondary N) is 1. The summed E-state index contributed by atoms with van der Waals surface area (Å²) in [5, 5.41) is 23.7. The van der Waals surface area contributed by atoms with E-state index in [2.05, 4.69) is 5.32 Å². The van der Waals surface area contributed by atoms with Crippen molar-refractivity contribution < 1.29 is 34.0 Å². The van der Waals surface area contributed by atoms with Crippen LogP contribution in [0.3, 0.4) is 0 Å². The van der Waals surface area contributed by atoms with Gasteiger partial charge in [-0.3, -0.25) is 9.59 Å². The second-order valence-corrected chi connectivity index (χ2v) is 9.80. The number of aliphatic hydroxyl groups excluding tert-OH is 2. The van der Waals surface area contributed by atoms with E-state index in [1.54, 1.807) is 25.2 Å². The molecule has 4 rings (SSSR count). The van der Waals surface area contributed by atoms with Gasteiger partial charge in [0.1, 0.15) is 29.5 Å². The molecule has 1 aliphatic carbocycles. The second kappa shape index (κ2) is 13.0. The topological polar surface area (TPSA) is 118 Å². The summed E-state index contributed by atoms with van der Waals surface area (Å²) in [7, 11) is 3.18. The standard InChI is InChI=1S/C30H38N2O7/c1-4-5-10-26(34)32(15-13-19-17-20(37-2)11-12-24(19)38-3)23-18-22(30(36)31-14-16-33)27-21-8-6-7-9-25(21)39-29(27)28(23)35/h6-9,11-12,17-18,23,27-29,33,35H,4-5,10,13-16H2,1-3H3,(H,31,36). The number of para-hydroxylation sites is 1. The number of amides is 2. The molecule has 0 radical (unpaired) electrons. The summed E-state index contributed by atoms with van der Waals surface area (Å²) in [5.74, 6) is 1.01. The summed E-state index contributed by atoms with van der Waals surface area (Å²) in [4.78, 5) is 28.5. The van der Waals surface area contributed by atoms with Gasteiger partial charge in [-0.2, -0.15) is 0 Å². The number of methoxy groups -OCH3 is 2. The molecule has 1 heterocycles. The first-order chi connectivity index (χ1) is 18.9. The second-order valence-electron chi connectivity index (χ2n) is 9.80. The highest BCUT2D eigenvalue weighted by atomic mass is 16.5. The van der Waals surface area contributed by atoms with E-state index < -0.39 is 24.2 Å². The first-order valence-corrected chi connectivity index (χ1v) is 13.5. The van der Waals surface area contributed by atoms with E-state index in [4.69, 9.17) is 14.2 Å². The van der Waals surface area contributed by atoms with E-state index in [0.717, 1.165) is 17.5 Å². The minimum Gasteiger partial charge on any atom is -0.497 e. The third kappa shape index (κ3) is 6.04. The number of carbonyl (C=O) groups is 2. The minimum atomic E-state index is -1.06. The Hall–Kier alpha value is -3.56. The van der Waals surface area contributed by atoms with Crippen LogP contribution in [0.1, 0.15) is 43.2 Å². The predicted molar refractivity (Wildman–Crippen MR) is 146 cm³/mol. The van der Waals surface area contributed by atoms with Crippen molar-refractivity contribution in [3.63, 3.8) is 0 Å². The van der Waals surface area contributed by atoms with Gasteiger partial charge in [0, 0.05) is 30.6 Å². The molecule has 9 heteroatoms. The lowest BCUT2D eigenvalue weighted by Gasteiger charge is -2.41. The minimum absolute atomic E-state index is 0.0953. The molecule has 0 spiro atoms. The maximum Gasteiger partial charge on any atom is 0.247 e. The van der Waals surface area contributed by atoms with Crippen LogP contribution >= 0.6 is 0 Å². The number of fused-ring (bicyclic) bond motifs is 3. The van der Waals surface area contributed by atoms with Gasteiger partial charge in [-0.05, 0) is 48.7 Å². The number of carbonyl (C=O) groups excluding carboxylic acids is 2. The fraction of sp³-hybridized carbons (Fsp3) is 0.467. The Kier molecular flexibility index (Phi) is 9.48. The van der Waals surface area contributed by atoms with Crippen molar-refractivity contribution in [3.8, 4) is 17.2 Å². The molecular weight excluding hydrogens is 500 g/mol. The van der Waals surface area contributed by atoms with Crippen molar-refractivity contribution in [1.82, 2.24) is 10.2 Å². The Balaban J connectivity index is 1.71. The van der Waals surface area contributed by atoms with Crippen LogP contribution in [0, 0.1) is 0 Å². The Morgan fingerprint density at radius 1 is 1.13 bits per heavy atom. The Morgan fingerprint density at radius 2 is 1.92 bits per heavy atom. The van der Waals surface area contributed by atoms with Gasteiger partial charge >= 0.3 is 0 Å². The number of rotatable bonds is 12. The van der Waals surface area contributed by atoms with E-state index in [0.29, 0.717) is 48.6 Å². The maximum absolute atomic E-state index is 13.6. The number of hydrogen-bond donors (Lipinski definition) is 3. The molecule has 0 saturated heterocycles. The fourth-order valence-corrected chi connectivity index (χ4v) is 5.42. The van der Waals surface area contributed by atoms with Crippen LogP contribution in [0.15, 0.2) is 54.1 Å². The molecule has 2 aromatic rings. The molecule has 0 bridgehead atoms. The molecule has 4 atom stereocenters. The van der Waals surface area contributed by atoms with Gasteiger partial charge in [-0.1, -0.05) is 31.5 Å². The zero-order chi connectivity index (χ0) is 27.9. The first kappa shape index (κ1) is 28.4. The maximum atomic E-state index is 13.6. The van der Waals surface area contributed by atoms with E-state index in [1.165, 1.54) is 0 Å². The third-order valence-electron chi connectivity index (χ3n) is 7.41. The summed E-state index contributed by atoms with van der Waals surface area (Å²) in [5.41, 5.74) is 2.10. The SMILES string of the molecule is CCCCC(=O)N(CCc1cc(OC)ccc1OC)C1C=C(C(=O)NCCO)C2c3ccccc3OC2C1O. The zero-order valence-electron chi connectivity index (χ0n) is 22.8. The van der Waals surface area contributed by atoms with Crippen molar-refractivity contribution in [2.45, 2.75) is 56.8 Å². The summed E-state index contributed by atoms with van der Waals surface area (Å²) >= 11 is 0. The van der Waals surface area contributed by atoms with E-state index in [-0.39, 0.29) is 25.0 Å². The summed E-state index contributed by atoms with van der Waals surface area (Å²) in [6, 6.07) is 12.2. The highest BCUT2D eigenvalue weighted by Crippen LogP contribution is 2.47. The number of aliphatic hydroxyl groups is 2. The lowest BCUT2D eigenvalue weighted by molar-refractivity contribution is -0.137. The van der Waals surface area contributed by atoms with Crippen LogP contribution in [0.2, 0.25) is 0 Å². The molecule has 0 aromatic heterocycles. The molecule has 0 fully saturated rings. The van der Waals surface area contributed by atoms with Gasteiger partial charge in [0.15, 0.2) is 0 Å². The van der Waals surface area contributed by atoms with Crippen molar-refractivity contribution in [1.29, 1.82) is 0 Å². The number of unbranched alkanes of at least 4 members (excludes halogenated alkanes) is 1. The van der Waals surface area contributed by atoms with Crippen LogP contribution in [-0.4, -0.2) is 79.1 Å². The summed E-state index contributed by atoms with van der Waals surface area (Å²) < 4.78 is 17.1. The molecule has 9 nitrogen and oxygen atoms in total. The molecule has 4 unspecified atom stereocenters. The largest absolute Gasteiger partial charge is 0.497 e. The van der Waals surface area contributed by atoms with Crippen molar-refractivity contribution in [3.05, 3.63) is 65.2 Å². The lowest BCUT2D eigenvalue weighted by atomic mass is 9.77. The molecule has 2 aromatic carbocycles. The van der Waals surface area contributed by atoms with E-state index in [1.807, 2.05) is 49.4 Å². The molecule has 2 aliphatic rings. The first-order valence-electron chi connectivity index (χ1n) is 13.5. The third-order valence-corrected chi connectivity index (χ3v) is 7.41. The van der Waals surface area contributed by atoms with Crippen molar-refractivity contribution >= 4 is 11.8 Å². The monoisotopic (exact) mass is 538 g/mol. The van der Waals surface area contributed by atoms with Crippen molar-refractivity contribution in [2.24, 2.45) is 0 Å². The van der Waals surface area contributed by atoms with Crippen LogP contribution in [0.5, 0.6) is 17.2 Å². The normalized spacial score (nSPS) is 21.2. The van der Waals surface area contributed by atoms with Gasteiger partial charge in [0.05, 0.1) is 32.8 Å². The number of nitrogens with zero attached hydrogens (tertiary/aromatic N) is 1. The average Bonchev–Trinajstić information content (AvgIpc) is 3.36. The highest BCUT2D eigenvalue weighted by Gasteiger charge is 2.50. The van der Waals surface area contributed by atoms with Gasteiger partial charge in [0.25, 0.3) is 0 Å². The summed E-state index contributed by atoms with van der Waals surface area (Å²) in [6.07, 6.45) is 2.25. The van der Waals surface area contributed by atoms with Gasteiger partial charge < -0.3 is 34.6 Å². The molecule has 2 amide bonds. The van der Waals surface area contributed by atoms with Gasteiger partial charge in [0.2, 0.25) is 11.8 Å². The van der Waals surface area contributed by atoms with Crippen LogP contribution in [0.4, 0.5) is 0 Å². The number of hydrogen-bond acceptors (Lipinski definition) is 7. The van der Waals surface area contributed by atoms with Gasteiger partial charge in [-0.25, -0.2) is 0 Å². The average molecular weight is 539 g/mol. The number of ether oxygens (including phenoxy) is 3. The molecule has 39 heavy (non-hydrogen) atoms. The van der Waals surface area contributed by atoms with Crippen LogP contribution < -0.4 is 19.5 Å². The fourth-order valence-electron chi connectivity index (χ4n) is 5.42.